The van der Waals surface area contributed by atoms with Gasteiger partial charge in [-0.05, 0) is 56.0 Å². The van der Waals surface area contributed by atoms with Crippen LogP contribution in [0.15, 0.2) is 41.3 Å². The van der Waals surface area contributed by atoms with Crippen molar-refractivity contribution in [3.05, 3.63) is 73.2 Å². The monoisotopic (exact) mass is 572 g/mol. The maximum atomic E-state index is 14.2. The highest BCUT2D eigenvalue weighted by atomic mass is 35.5. The lowest BCUT2D eigenvalue weighted by Gasteiger charge is -2.31. The number of carbonyl (C=O) groups excluding carboxylic acids is 2. The number of fused-ring (bicyclic) bond motifs is 2. The van der Waals surface area contributed by atoms with Gasteiger partial charge in [-0.2, -0.15) is 0 Å². The normalized spacial score (nSPS) is 16.8. The highest BCUT2D eigenvalue weighted by Crippen LogP contribution is 2.37. The van der Waals surface area contributed by atoms with Gasteiger partial charge in [-0.15, -0.1) is 11.3 Å². The van der Waals surface area contributed by atoms with E-state index in [1.807, 2.05) is 15.5 Å². The molecule has 0 bridgehead atoms. The average molecular weight is 573 g/mol. The molecule has 1 amide bonds. The summed E-state index contributed by atoms with van der Waals surface area (Å²) in [5.41, 5.74) is 0.743. The molecule has 2 aromatic carbocycles. The third-order valence-electron chi connectivity index (χ3n) is 7.14. The van der Waals surface area contributed by atoms with Crippen molar-refractivity contribution >= 4 is 67.3 Å². The lowest BCUT2D eigenvalue weighted by Crippen LogP contribution is -2.46. The van der Waals surface area contributed by atoms with Gasteiger partial charge in [-0.3, -0.25) is 19.3 Å². The molecular weight excluding hydrogens is 550 g/mol. The number of benzene rings is 2. The van der Waals surface area contributed by atoms with Gasteiger partial charge in [0.15, 0.2) is 5.01 Å². The third-order valence-corrected chi connectivity index (χ3v) is 8.74. The van der Waals surface area contributed by atoms with Crippen LogP contribution >= 0.6 is 34.5 Å². The van der Waals surface area contributed by atoms with Crippen LogP contribution in [0.1, 0.15) is 51.9 Å². The van der Waals surface area contributed by atoms with Crippen LogP contribution < -0.4 is 10.7 Å². The molecule has 11 heteroatoms. The van der Waals surface area contributed by atoms with E-state index in [9.17, 15) is 18.8 Å². The van der Waals surface area contributed by atoms with Gasteiger partial charge in [0.05, 0.1) is 27.3 Å². The second-order valence-corrected chi connectivity index (χ2v) is 11.7. The number of nitrogens with zero attached hydrogens (tertiary/aromatic N) is 3. The van der Waals surface area contributed by atoms with Crippen LogP contribution in [0.2, 0.25) is 10.0 Å². The molecule has 1 saturated heterocycles. The number of halogens is 3. The fraction of sp³-hybridized carbons (Fsp3) is 0.333. The number of hydrogen-bond donors (Lipinski definition) is 1. The zero-order valence-corrected chi connectivity index (χ0v) is 22.5. The predicted molar refractivity (Wildman–Crippen MR) is 147 cm³/mol. The zero-order chi connectivity index (χ0) is 26.6. The minimum absolute atomic E-state index is 0.000306. The Morgan fingerprint density at radius 2 is 1.87 bits per heavy atom. The smallest absolute Gasteiger partial charge is 0.256 e. The summed E-state index contributed by atoms with van der Waals surface area (Å²) in [5.74, 6) is -1.20. The quantitative estimate of drug-likeness (QED) is 0.310. The summed E-state index contributed by atoms with van der Waals surface area (Å²) < 4.78 is 16.9. The molecule has 1 aliphatic carbocycles. The summed E-state index contributed by atoms with van der Waals surface area (Å²) in [6.45, 7) is 1.50. The molecule has 2 aliphatic rings. The largest absolute Gasteiger partial charge is 0.349 e. The SMILES string of the molecule is O=C(CN1CCC(NC(=O)c2cn(C3CC3)c3cc(Cl)c(F)cc3c2=O)CC1)c1nc2cc(Cl)ccc2s1. The summed E-state index contributed by atoms with van der Waals surface area (Å²) in [5, 5.41) is 4.11. The highest BCUT2D eigenvalue weighted by Gasteiger charge is 2.29. The molecule has 1 aliphatic heterocycles. The number of amides is 1. The fourth-order valence-corrected chi connectivity index (χ4v) is 6.15. The van der Waals surface area contributed by atoms with E-state index < -0.39 is 17.2 Å². The van der Waals surface area contributed by atoms with Gasteiger partial charge in [0.25, 0.3) is 5.91 Å². The number of thiazole rings is 1. The predicted octanol–water partition coefficient (Wildman–Crippen LogP) is 5.47. The molecule has 38 heavy (non-hydrogen) atoms. The van der Waals surface area contributed by atoms with Crippen LogP contribution in [0.4, 0.5) is 4.39 Å². The Hall–Kier alpha value is -2.85. The summed E-state index contributed by atoms with van der Waals surface area (Å²) in [6.07, 6.45) is 4.71. The summed E-state index contributed by atoms with van der Waals surface area (Å²) in [6, 6.07) is 7.99. The zero-order valence-electron chi connectivity index (χ0n) is 20.2. The molecule has 2 aromatic heterocycles. The topological polar surface area (TPSA) is 84.3 Å². The number of piperidine rings is 1. The molecule has 3 heterocycles. The Kier molecular flexibility index (Phi) is 6.72. The number of aromatic nitrogens is 2. The van der Waals surface area contributed by atoms with Crippen molar-refractivity contribution < 1.29 is 14.0 Å². The Morgan fingerprint density at radius 3 is 2.61 bits per heavy atom. The Morgan fingerprint density at radius 1 is 1.11 bits per heavy atom. The van der Waals surface area contributed by atoms with Gasteiger partial charge >= 0.3 is 0 Å². The van der Waals surface area contributed by atoms with Crippen LogP contribution in [-0.2, 0) is 0 Å². The Bertz CT molecular complexity index is 1660. The van der Waals surface area contributed by atoms with Crippen molar-refractivity contribution in [3.63, 3.8) is 0 Å². The van der Waals surface area contributed by atoms with Crippen molar-refractivity contribution in [1.82, 2.24) is 19.8 Å². The first-order valence-corrected chi connectivity index (χ1v) is 14.0. The van der Waals surface area contributed by atoms with Crippen molar-refractivity contribution in [2.45, 2.75) is 37.8 Å². The van der Waals surface area contributed by atoms with Crippen molar-refractivity contribution in [2.24, 2.45) is 0 Å². The van der Waals surface area contributed by atoms with Gasteiger partial charge in [0, 0.05) is 41.8 Å². The molecule has 0 spiro atoms. The van der Waals surface area contributed by atoms with Gasteiger partial charge in [0.1, 0.15) is 11.4 Å². The van der Waals surface area contributed by atoms with Gasteiger partial charge in [-0.1, -0.05) is 23.2 Å². The molecule has 1 saturated carbocycles. The fourth-order valence-electron chi connectivity index (χ4n) is 4.95. The van der Waals surface area contributed by atoms with Gasteiger partial charge in [-0.25, -0.2) is 9.37 Å². The van der Waals surface area contributed by atoms with Crippen LogP contribution in [-0.4, -0.2) is 51.8 Å². The van der Waals surface area contributed by atoms with Crippen LogP contribution in [0, 0.1) is 5.82 Å². The first-order valence-electron chi connectivity index (χ1n) is 12.4. The summed E-state index contributed by atoms with van der Waals surface area (Å²) >= 11 is 13.3. The van der Waals surface area contributed by atoms with E-state index >= 15 is 0 Å². The molecule has 0 radical (unpaired) electrons. The first-order chi connectivity index (χ1) is 18.3. The second-order valence-electron chi connectivity index (χ2n) is 9.87. The number of hydrogen-bond acceptors (Lipinski definition) is 6. The molecule has 0 atom stereocenters. The average Bonchev–Trinajstić information content (AvgIpc) is 3.64. The number of carbonyl (C=O) groups is 2. The molecule has 196 valence electrons. The minimum Gasteiger partial charge on any atom is -0.349 e. The van der Waals surface area contributed by atoms with E-state index in [-0.39, 0.29) is 40.4 Å². The number of ketones is 1. The van der Waals surface area contributed by atoms with Crippen molar-refractivity contribution in [2.75, 3.05) is 19.6 Å². The number of rotatable bonds is 6. The number of likely N-dealkylation sites (tertiary alicyclic amines) is 1. The molecule has 1 N–H and O–H groups in total. The van der Waals surface area contributed by atoms with E-state index in [1.165, 1.54) is 17.4 Å². The maximum absolute atomic E-state index is 14.2. The number of nitrogens with one attached hydrogen (secondary N) is 1. The van der Waals surface area contributed by atoms with Gasteiger partial charge in [0.2, 0.25) is 11.2 Å². The first kappa shape index (κ1) is 25.4. The minimum atomic E-state index is -0.687. The van der Waals surface area contributed by atoms with Crippen LogP contribution in [0.25, 0.3) is 21.1 Å². The molecule has 6 rings (SSSR count). The summed E-state index contributed by atoms with van der Waals surface area (Å²) in [4.78, 5) is 45.6. The lowest BCUT2D eigenvalue weighted by atomic mass is 10.0. The Balaban J connectivity index is 1.12. The highest BCUT2D eigenvalue weighted by molar-refractivity contribution is 7.20. The van der Waals surface area contributed by atoms with Crippen LogP contribution in [0.5, 0.6) is 0 Å². The third kappa shape index (κ3) is 4.96. The Labute approximate surface area is 231 Å². The van der Waals surface area contributed by atoms with E-state index in [0.29, 0.717) is 47.0 Å². The van der Waals surface area contributed by atoms with E-state index in [1.54, 1.807) is 18.3 Å². The molecule has 0 unspecified atom stereocenters. The van der Waals surface area contributed by atoms with E-state index in [0.717, 1.165) is 23.6 Å². The van der Waals surface area contributed by atoms with Gasteiger partial charge < -0.3 is 9.88 Å². The lowest BCUT2D eigenvalue weighted by molar-refractivity contribution is 0.0858. The molecule has 4 aromatic rings. The molecular formula is C27H23Cl2FN4O3S. The maximum Gasteiger partial charge on any atom is 0.256 e. The summed E-state index contributed by atoms with van der Waals surface area (Å²) in [7, 11) is 0. The molecule has 2 fully saturated rings. The van der Waals surface area contributed by atoms with Crippen molar-refractivity contribution in [1.29, 1.82) is 0 Å². The molecule has 7 nitrogen and oxygen atoms in total. The number of Topliss-reactive ketones (excluding diaryl/α,β-unsaturated/α-hetero) is 1. The number of pyridine rings is 1. The van der Waals surface area contributed by atoms with E-state index in [2.05, 4.69) is 10.3 Å². The standard InChI is InChI=1S/C27H23Cl2FN4O3S/c28-14-1-4-24-21(9-14)32-27(38-24)23(35)13-33-7-5-15(6-8-33)31-26(37)18-12-34(16-2-3-16)22-11-19(29)20(30)10-17(22)25(18)36/h1,4,9-12,15-16H,2-3,5-8,13H2,(H,31,37). The van der Waals surface area contributed by atoms with E-state index in [4.69, 9.17) is 23.2 Å². The van der Waals surface area contributed by atoms with Crippen LogP contribution in [0.3, 0.4) is 0 Å². The van der Waals surface area contributed by atoms with Crippen molar-refractivity contribution in [3.8, 4) is 0 Å². The second kappa shape index (κ2) is 10.0.